The highest BCUT2D eigenvalue weighted by atomic mass is 127. The summed E-state index contributed by atoms with van der Waals surface area (Å²) >= 11 is 2.20. The van der Waals surface area contributed by atoms with Crippen LogP contribution < -0.4 is 10.2 Å². The van der Waals surface area contributed by atoms with Crippen LogP contribution in [-0.2, 0) is 19.8 Å². The van der Waals surface area contributed by atoms with Gasteiger partial charge in [-0.1, -0.05) is 0 Å². The predicted molar refractivity (Wildman–Crippen MR) is 94.4 cm³/mol. The summed E-state index contributed by atoms with van der Waals surface area (Å²) in [4.78, 5) is 36.6. The molecule has 6 nitrogen and oxygen atoms in total. The Morgan fingerprint density at radius 1 is 1.35 bits per heavy atom. The maximum absolute atomic E-state index is 12.6. The minimum Gasteiger partial charge on any atom is -0.481 e. The number of carbonyl (C=O) groups is 3. The zero-order valence-electron chi connectivity index (χ0n) is 13.1. The van der Waals surface area contributed by atoms with E-state index >= 15 is 0 Å². The highest BCUT2D eigenvalue weighted by molar-refractivity contribution is 14.1. The Morgan fingerprint density at radius 2 is 2.04 bits per heavy atom. The summed E-state index contributed by atoms with van der Waals surface area (Å²) in [6, 6.07) is 5.74. The van der Waals surface area contributed by atoms with Crippen LogP contribution in [-0.4, -0.2) is 36.0 Å². The lowest BCUT2D eigenvalue weighted by Gasteiger charge is -2.20. The van der Waals surface area contributed by atoms with Gasteiger partial charge in [-0.3, -0.25) is 14.4 Å². The molecule has 2 amide bonds. The van der Waals surface area contributed by atoms with E-state index in [0.29, 0.717) is 6.42 Å². The van der Waals surface area contributed by atoms with E-state index in [1.165, 1.54) is 4.90 Å². The lowest BCUT2D eigenvalue weighted by Crippen LogP contribution is -2.43. The van der Waals surface area contributed by atoms with E-state index in [-0.39, 0.29) is 31.3 Å². The summed E-state index contributed by atoms with van der Waals surface area (Å²) in [6.45, 7) is 3.95. The number of carboxylic acid groups (broad SMARTS) is 1. The number of aliphatic carboxylic acids is 1. The number of carbonyl (C=O) groups excluding carboxylic acids is 2. The fourth-order valence-electron chi connectivity index (χ4n) is 2.63. The van der Waals surface area contributed by atoms with Crippen LogP contribution in [0.2, 0.25) is 0 Å². The number of fused-ring (bicyclic) bond motifs is 1. The van der Waals surface area contributed by atoms with Crippen LogP contribution in [0.15, 0.2) is 18.2 Å². The standard InChI is InChI=1S/C16H19IN2O4/c1-16(2)11-8-10(17)5-6-12(11)19(15(16)23)9-13(20)18-7-3-4-14(21)22/h5-6,8H,3-4,7,9H2,1-2H3,(H,18,20)(H,21,22). The average molecular weight is 430 g/mol. The highest BCUT2D eigenvalue weighted by Gasteiger charge is 2.44. The number of amides is 2. The molecule has 7 heteroatoms. The highest BCUT2D eigenvalue weighted by Crippen LogP contribution is 2.41. The van der Waals surface area contributed by atoms with E-state index in [9.17, 15) is 14.4 Å². The molecule has 1 aliphatic rings. The van der Waals surface area contributed by atoms with Gasteiger partial charge in [0.05, 0.1) is 5.41 Å². The van der Waals surface area contributed by atoms with Crippen molar-refractivity contribution in [2.75, 3.05) is 18.0 Å². The summed E-state index contributed by atoms with van der Waals surface area (Å²) in [7, 11) is 0. The van der Waals surface area contributed by atoms with E-state index in [1.807, 2.05) is 32.0 Å². The molecule has 1 aliphatic heterocycles. The molecular weight excluding hydrogens is 411 g/mol. The van der Waals surface area contributed by atoms with Gasteiger partial charge in [-0.15, -0.1) is 0 Å². The number of nitrogens with one attached hydrogen (secondary N) is 1. The SMILES string of the molecule is CC1(C)C(=O)N(CC(=O)NCCCC(=O)O)c2ccc(I)cc21. The molecule has 23 heavy (non-hydrogen) atoms. The molecule has 2 rings (SSSR count). The van der Waals surface area contributed by atoms with Crippen molar-refractivity contribution in [1.82, 2.24) is 5.32 Å². The van der Waals surface area contributed by atoms with Gasteiger partial charge in [-0.25, -0.2) is 0 Å². The molecule has 0 saturated heterocycles. The normalized spacial score (nSPS) is 15.4. The topological polar surface area (TPSA) is 86.7 Å². The molecule has 0 fully saturated rings. The van der Waals surface area contributed by atoms with Crippen molar-refractivity contribution in [2.45, 2.75) is 32.1 Å². The fourth-order valence-corrected chi connectivity index (χ4v) is 3.12. The summed E-state index contributed by atoms with van der Waals surface area (Å²) in [5.41, 5.74) is 1.04. The third-order valence-electron chi connectivity index (χ3n) is 3.89. The maximum atomic E-state index is 12.6. The largest absolute Gasteiger partial charge is 0.481 e. The van der Waals surface area contributed by atoms with Crippen molar-refractivity contribution >= 4 is 46.1 Å². The van der Waals surface area contributed by atoms with Crippen LogP contribution in [0.3, 0.4) is 0 Å². The molecule has 1 heterocycles. The summed E-state index contributed by atoms with van der Waals surface area (Å²) in [5, 5.41) is 11.2. The molecule has 124 valence electrons. The summed E-state index contributed by atoms with van der Waals surface area (Å²) < 4.78 is 1.04. The van der Waals surface area contributed by atoms with Crippen molar-refractivity contribution in [3.8, 4) is 0 Å². The van der Waals surface area contributed by atoms with Crippen molar-refractivity contribution in [3.63, 3.8) is 0 Å². The average Bonchev–Trinajstić information content (AvgIpc) is 2.65. The third kappa shape index (κ3) is 3.82. The molecule has 2 N–H and O–H groups in total. The molecular formula is C16H19IN2O4. The Labute approximate surface area is 148 Å². The molecule has 0 atom stereocenters. The molecule has 0 aliphatic carbocycles. The minimum atomic E-state index is -0.890. The lowest BCUT2D eigenvalue weighted by molar-refractivity contribution is -0.137. The maximum Gasteiger partial charge on any atom is 0.303 e. The van der Waals surface area contributed by atoms with Gasteiger partial charge in [0, 0.05) is 22.2 Å². The monoisotopic (exact) mass is 430 g/mol. The van der Waals surface area contributed by atoms with Crippen LogP contribution in [0.1, 0.15) is 32.3 Å². The molecule has 1 aromatic rings. The van der Waals surface area contributed by atoms with Crippen LogP contribution in [0.5, 0.6) is 0 Å². The third-order valence-corrected chi connectivity index (χ3v) is 4.56. The van der Waals surface area contributed by atoms with Gasteiger partial charge >= 0.3 is 5.97 Å². The smallest absolute Gasteiger partial charge is 0.303 e. The van der Waals surface area contributed by atoms with E-state index in [2.05, 4.69) is 27.9 Å². The number of halogens is 1. The fraction of sp³-hybridized carbons (Fsp3) is 0.438. The van der Waals surface area contributed by atoms with E-state index in [4.69, 9.17) is 5.11 Å². The number of benzene rings is 1. The first-order valence-corrected chi connectivity index (χ1v) is 8.42. The van der Waals surface area contributed by atoms with Crippen LogP contribution in [0.4, 0.5) is 5.69 Å². The van der Waals surface area contributed by atoms with Crippen molar-refractivity contribution in [3.05, 3.63) is 27.3 Å². The Morgan fingerprint density at radius 3 is 2.70 bits per heavy atom. The second-order valence-electron chi connectivity index (χ2n) is 6.03. The first-order valence-electron chi connectivity index (χ1n) is 7.34. The number of carboxylic acids is 1. The molecule has 0 radical (unpaired) electrons. The Balaban J connectivity index is 2.05. The van der Waals surface area contributed by atoms with E-state index < -0.39 is 11.4 Å². The quantitative estimate of drug-likeness (QED) is 0.533. The van der Waals surface area contributed by atoms with Gasteiger partial charge in [0.15, 0.2) is 0 Å². The van der Waals surface area contributed by atoms with Gasteiger partial charge in [0.2, 0.25) is 11.8 Å². The summed E-state index contributed by atoms with van der Waals surface area (Å²) in [6.07, 6.45) is 0.381. The van der Waals surface area contributed by atoms with Gasteiger partial charge < -0.3 is 15.3 Å². The van der Waals surface area contributed by atoms with Crippen molar-refractivity contribution in [1.29, 1.82) is 0 Å². The van der Waals surface area contributed by atoms with Crippen molar-refractivity contribution < 1.29 is 19.5 Å². The van der Waals surface area contributed by atoms with Crippen molar-refractivity contribution in [2.24, 2.45) is 0 Å². The van der Waals surface area contributed by atoms with Gasteiger partial charge in [0.1, 0.15) is 6.54 Å². The van der Waals surface area contributed by atoms with Crippen LogP contribution in [0.25, 0.3) is 0 Å². The zero-order valence-corrected chi connectivity index (χ0v) is 15.2. The molecule has 0 spiro atoms. The molecule has 0 saturated carbocycles. The summed E-state index contributed by atoms with van der Waals surface area (Å²) in [5.74, 6) is -1.28. The first-order chi connectivity index (χ1) is 10.7. The zero-order chi connectivity index (χ0) is 17.2. The number of anilines is 1. The van der Waals surface area contributed by atoms with Crippen LogP contribution in [0, 0.1) is 3.57 Å². The number of nitrogens with zero attached hydrogens (tertiary/aromatic N) is 1. The van der Waals surface area contributed by atoms with Gasteiger partial charge in [0.25, 0.3) is 0 Å². The molecule has 0 unspecified atom stereocenters. The van der Waals surface area contributed by atoms with E-state index in [1.54, 1.807) is 0 Å². The van der Waals surface area contributed by atoms with Gasteiger partial charge in [-0.05, 0) is 66.6 Å². The number of hydrogen-bond donors (Lipinski definition) is 2. The number of rotatable bonds is 6. The molecule has 0 bridgehead atoms. The lowest BCUT2D eigenvalue weighted by atomic mass is 9.86. The Bertz CT molecular complexity index is 657. The van der Waals surface area contributed by atoms with Gasteiger partial charge in [-0.2, -0.15) is 0 Å². The molecule has 0 aromatic heterocycles. The Hall–Kier alpha value is -1.64. The second-order valence-corrected chi connectivity index (χ2v) is 7.27. The predicted octanol–water partition coefficient (Wildman–Crippen LogP) is 1.90. The minimum absolute atomic E-state index is 0.0111. The molecule has 1 aromatic carbocycles. The van der Waals surface area contributed by atoms with E-state index in [0.717, 1.165) is 14.8 Å². The Kier molecular flexibility index (Phi) is 5.28. The first kappa shape index (κ1) is 17.7. The number of hydrogen-bond acceptors (Lipinski definition) is 3. The second kappa shape index (κ2) is 6.86. The van der Waals surface area contributed by atoms with Crippen LogP contribution >= 0.6 is 22.6 Å².